The fraction of sp³-hybridized carbons (Fsp3) is 0.211. The predicted octanol–water partition coefficient (Wildman–Crippen LogP) is 5.17. The maximum atomic E-state index is 13.2. The van der Waals surface area contributed by atoms with Crippen molar-refractivity contribution in [1.29, 1.82) is 0 Å². The van der Waals surface area contributed by atoms with Crippen LogP contribution in [0, 0.1) is 5.82 Å². The first-order chi connectivity index (χ1) is 10.6. The monoisotopic (exact) mass is 295 g/mol. The van der Waals surface area contributed by atoms with Gasteiger partial charge in [-0.05, 0) is 46.9 Å². The van der Waals surface area contributed by atoms with Gasteiger partial charge >= 0.3 is 0 Å². The quantitative estimate of drug-likeness (QED) is 0.664. The van der Waals surface area contributed by atoms with Crippen molar-refractivity contribution in [2.45, 2.75) is 19.8 Å². The lowest BCUT2D eigenvalue weighted by Gasteiger charge is -2.16. The number of nitrogens with zero attached hydrogens (tertiary/aromatic N) is 1. The Bertz CT molecular complexity index is 810. The van der Waals surface area contributed by atoms with E-state index in [-0.39, 0.29) is 5.82 Å². The minimum atomic E-state index is -0.227. The van der Waals surface area contributed by atoms with E-state index in [9.17, 15) is 4.39 Å². The summed E-state index contributed by atoms with van der Waals surface area (Å²) in [5, 5.41) is 1.05. The van der Waals surface area contributed by atoms with Crippen molar-refractivity contribution in [2.75, 3.05) is 7.11 Å². The number of hydrogen-bond acceptors (Lipinski definition) is 2. The molecule has 1 heterocycles. The third-order valence-electron chi connectivity index (χ3n) is 3.86. The van der Waals surface area contributed by atoms with Gasteiger partial charge in [0.2, 0.25) is 0 Å². The normalized spacial score (nSPS) is 11.1. The molecule has 3 rings (SSSR count). The molecule has 0 saturated carbocycles. The van der Waals surface area contributed by atoms with E-state index in [1.807, 2.05) is 36.5 Å². The Morgan fingerprint density at radius 3 is 2.41 bits per heavy atom. The summed E-state index contributed by atoms with van der Waals surface area (Å²) < 4.78 is 18.5. The highest BCUT2D eigenvalue weighted by molar-refractivity contribution is 5.96. The number of ether oxygens (including phenoxy) is 1. The zero-order valence-electron chi connectivity index (χ0n) is 12.9. The van der Waals surface area contributed by atoms with Crippen molar-refractivity contribution in [3.8, 4) is 16.9 Å². The molecule has 0 aliphatic carbocycles. The highest BCUT2D eigenvalue weighted by atomic mass is 19.1. The molecule has 0 saturated heterocycles. The number of halogens is 1. The lowest BCUT2D eigenvalue weighted by Crippen LogP contribution is -1.97. The summed E-state index contributed by atoms with van der Waals surface area (Å²) in [6, 6.07) is 12.5. The van der Waals surface area contributed by atoms with E-state index >= 15 is 0 Å². The Balaban J connectivity index is 2.32. The van der Waals surface area contributed by atoms with E-state index in [0.29, 0.717) is 5.92 Å². The summed E-state index contributed by atoms with van der Waals surface area (Å²) in [6.45, 7) is 4.28. The molecule has 2 aromatic carbocycles. The Labute approximate surface area is 129 Å². The third kappa shape index (κ3) is 2.54. The topological polar surface area (TPSA) is 22.1 Å². The van der Waals surface area contributed by atoms with Gasteiger partial charge in [-0.1, -0.05) is 26.0 Å². The first-order valence-corrected chi connectivity index (χ1v) is 7.32. The highest BCUT2D eigenvalue weighted by Gasteiger charge is 2.14. The fourth-order valence-electron chi connectivity index (χ4n) is 2.69. The summed E-state index contributed by atoms with van der Waals surface area (Å²) in [4.78, 5) is 4.56. The first kappa shape index (κ1) is 14.5. The molecule has 0 aliphatic heterocycles. The van der Waals surface area contributed by atoms with Crippen molar-refractivity contribution in [3.05, 3.63) is 60.0 Å². The molecule has 3 aromatic rings. The third-order valence-corrected chi connectivity index (χ3v) is 3.86. The van der Waals surface area contributed by atoms with Crippen LogP contribution in [0.25, 0.3) is 22.0 Å². The fourth-order valence-corrected chi connectivity index (χ4v) is 2.69. The summed E-state index contributed by atoms with van der Waals surface area (Å²) in [5.41, 5.74) is 4.15. The molecule has 22 heavy (non-hydrogen) atoms. The van der Waals surface area contributed by atoms with Crippen LogP contribution in [0.3, 0.4) is 0 Å². The summed E-state index contributed by atoms with van der Waals surface area (Å²) in [5.74, 6) is 0.885. The molecule has 3 heteroatoms. The SMILES string of the molecule is COc1ccc2c(-c3ccc(F)cc3)c(C(C)C)cnc2c1. The predicted molar refractivity (Wildman–Crippen MR) is 87.8 cm³/mol. The molecule has 0 aliphatic rings. The average molecular weight is 295 g/mol. The minimum Gasteiger partial charge on any atom is -0.497 e. The number of rotatable bonds is 3. The molecule has 0 bridgehead atoms. The van der Waals surface area contributed by atoms with Gasteiger partial charge in [0.1, 0.15) is 11.6 Å². The van der Waals surface area contributed by atoms with Crippen LogP contribution in [0.15, 0.2) is 48.7 Å². The van der Waals surface area contributed by atoms with Gasteiger partial charge in [0, 0.05) is 17.6 Å². The Kier molecular flexibility index (Phi) is 3.80. The molecule has 0 amide bonds. The van der Waals surface area contributed by atoms with Crippen molar-refractivity contribution in [2.24, 2.45) is 0 Å². The van der Waals surface area contributed by atoms with Crippen LogP contribution in [0.1, 0.15) is 25.3 Å². The maximum absolute atomic E-state index is 13.2. The number of hydrogen-bond donors (Lipinski definition) is 0. The van der Waals surface area contributed by atoms with Gasteiger partial charge in [0.05, 0.1) is 12.6 Å². The van der Waals surface area contributed by atoms with Gasteiger partial charge in [-0.2, -0.15) is 0 Å². The van der Waals surface area contributed by atoms with Crippen molar-refractivity contribution < 1.29 is 9.13 Å². The Morgan fingerprint density at radius 2 is 1.77 bits per heavy atom. The van der Waals surface area contributed by atoms with Crippen molar-refractivity contribution in [3.63, 3.8) is 0 Å². The minimum absolute atomic E-state index is 0.227. The van der Waals surface area contributed by atoms with Crippen molar-refractivity contribution in [1.82, 2.24) is 4.98 Å². The average Bonchev–Trinajstić information content (AvgIpc) is 2.54. The number of methoxy groups -OCH3 is 1. The zero-order valence-corrected chi connectivity index (χ0v) is 12.9. The molecule has 2 nitrogen and oxygen atoms in total. The Hall–Kier alpha value is -2.42. The molecular weight excluding hydrogens is 277 g/mol. The molecular formula is C19H18FNO. The van der Waals surface area contributed by atoms with Crippen LogP contribution in [-0.2, 0) is 0 Å². The summed E-state index contributed by atoms with van der Waals surface area (Å²) in [6.07, 6.45) is 1.91. The van der Waals surface area contributed by atoms with Gasteiger partial charge in [0.15, 0.2) is 0 Å². The van der Waals surface area contributed by atoms with E-state index in [0.717, 1.165) is 33.3 Å². The van der Waals surface area contributed by atoms with E-state index in [1.54, 1.807) is 7.11 Å². The smallest absolute Gasteiger partial charge is 0.123 e. The zero-order chi connectivity index (χ0) is 15.7. The number of pyridine rings is 1. The summed E-state index contributed by atoms with van der Waals surface area (Å²) in [7, 11) is 1.64. The van der Waals surface area contributed by atoms with E-state index < -0.39 is 0 Å². The van der Waals surface area contributed by atoms with Gasteiger partial charge in [-0.3, -0.25) is 4.98 Å². The molecule has 0 N–H and O–H groups in total. The van der Waals surface area contributed by atoms with E-state index in [4.69, 9.17) is 4.74 Å². The first-order valence-electron chi connectivity index (χ1n) is 7.32. The van der Waals surface area contributed by atoms with Crippen molar-refractivity contribution >= 4 is 10.9 Å². The lowest BCUT2D eigenvalue weighted by atomic mass is 9.91. The molecule has 0 radical (unpaired) electrons. The lowest BCUT2D eigenvalue weighted by molar-refractivity contribution is 0.415. The van der Waals surface area contributed by atoms with Gasteiger partial charge in [-0.15, -0.1) is 0 Å². The molecule has 0 atom stereocenters. The second-order valence-corrected chi connectivity index (χ2v) is 5.63. The highest BCUT2D eigenvalue weighted by Crippen LogP contribution is 2.36. The molecule has 0 fully saturated rings. The van der Waals surface area contributed by atoms with E-state index in [2.05, 4.69) is 18.8 Å². The van der Waals surface area contributed by atoms with Gasteiger partial charge in [0.25, 0.3) is 0 Å². The van der Waals surface area contributed by atoms with Crippen LogP contribution in [-0.4, -0.2) is 12.1 Å². The van der Waals surface area contributed by atoms with Crippen LogP contribution < -0.4 is 4.74 Å². The second-order valence-electron chi connectivity index (χ2n) is 5.63. The summed E-state index contributed by atoms with van der Waals surface area (Å²) >= 11 is 0. The van der Waals surface area contributed by atoms with Crippen LogP contribution in [0.2, 0.25) is 0 Å². The maximum Gasteiger partial charge on any atom is 0.123 e. The largest absolute Gasteiger partial charge is 0.497 e. The molecule has 112 valence electrons. The number of benzene rings is 2. The number of aromatic nitrogens is 1. The standard InChI is InChI=1S/C19H18FNO/c1-12(2)17-11-21-18-10-15(22-3)8-9-16(18)19(17)13-4-6-14(20)7-5-13/h4-12H,1-3H3. The van der Waals surface area contributed by atoms with Gasteiger partial charge in [-0.25, -0.2) is 4.39 Å². The molecule has 0 unspecified atom stereocenters. The van der Waals surface area contributed by atoms with E-state index in [1.165, 1.54) is 12.1 Å². The number of fused-ring (bicyclic) bond motifs is 1. The Morgan fingerprint density at radius 1 is 1.05 bits per heavy atom. The van der Waals surface area contributed by atoms with Crippen LogP contribution >= 0.6 is 0 Å². The molecule has 0 spiro atoms. The van der Waals surface area contributed by atoms with Crippen LogP contribution in [0.5, 0.6) is 5.75 Å². The second kappa shape index (κ2) is 5.76. The van der Waals surface area contributed by atoms with Gasteiger partial charge < -0.3 is 4.74 Å². The molecule has 1 aromatic heterocycles. The van der Waals surface area contributed by atoms with Crippen LogP contribution in [0.4, 0.5) is 4.39 Å².